The van der Waals surface area contributed by atoms with E-state index in [0.29, 0.717) is 18.5 Å². The van der Waals surface area contributed by atoms with Crippen molar-refractivity contribution in [1.82, 2.24) is 4.90 Å². The minimum atomic E-state index is -4.38. The first-order valence-corrected chi connectivity index (χ1v) is 6.57. The van der Waals surface area contributed by atoms with Crippen molar-refractivity contribution in [3.05, 3.63) is 41.5 Å². The second-order valence-corrected chi connectivity index (χ2v) is 4.79. The highest BCUT2D eigenvalue weighted by molar-refractivity contribution is 6.03. The van der Waals surface area contributed by atoms with E-state index in [4.69, 9.17) is 0 Å². The smallest absolute Gasteiger partial charge is 0.279 e. The fourth-order valence-corrected chi connectivity index (χ4v) is 2.08. The number of amides is 2. The first-order chi connectivity index (χ1) is 9.88. The van der Waals surface area contributed by atoms with Gasteiger partial charge >= 0.3 is 6.18 Å². The van der Waals surface area contributed by atoms with E-state index >= 15 is 0 Å². The number of halogens is 3. The van der Waals surface area contributed by atoms with Crippen LogP contribution in [-0.4, -0.2) is 23.3 Å². The normalized spacial score (nSPS) is 16.5. The average molecular weight is 297 g/mol. The molecule has 112 valence electrons. The Hall–Kier alpha value is -2.11. The summed E-state index contributed by atoms with van der Waals surface area (Å²) >= 11 is 0. The van der Waals surface area contributed by atoms with Crippen LogP contribution < -0.4 is 0 Å². The number of piperidine rings is 1. The quantitative estimate of drug-likeness (QED) is 0.786. The number of benzene rings is 1. The van der Waals surface area contributed by atoms with E-state index in [2.05, 4.69) is 0 Å². The summed E-state index contributed by atoms with van der Waals surface area (Å²) < 4.78 is 37.2. The average Bonchev–Trinajstić information content (AvgIpc) is 2.45. The van der Waals surface area contributed by atoms with Crippen LogP contribution in [0.2, 0.25) is 0 Å². The van der Waals surface area contributed by atoms with Gasteiger partial charge in [0, 0.05) is 19.0 Å². The standard InChI is InChI=1S/C15H14F3NO2/c16-15(17,18)12-7-4-11(5-8-12)6-9-14(21)19-10-2-1-3-13(19)20/h4-9H,1-3,10H2/b9-6+. The Morgan fingerprint density at radius 1 is 1.14 bits per heavy atom. The maximum atomic E-state index is 12.4. The van der Waals surface area contributed by atoms with Crippen LogP contribution in [0.25, 0.3) is 6.08 Å². The maximum Gasteiger partial charge on any atom is 0.416 e. The molecule has 0 aliphatic carbocycles. The summed E-state index contributed by atoms with van der Waals surface area (Å²) in [5.41, 5.74) is -0.266. The van der Waals surface area contributed by atoms with Crippen LogP contribution in [0, 0.1) is 0 Å². The fraction of sp³-hybridized carbons (Fsp3) is 0.333. The number of carbonyl (C=O) groups excluding carboxylic acids is 2. The van der Waals surface area contributed by atoms with Gasteiger partial charge in [0.25, 0.3) is 5.91 Å². The summed E-state index contributed by atoms with van der Waals surface area (Å²) in [5, 5.41) is 0. The number of hydrogen-bond donors (Lipinski definition) is 0. The molecule has 1 heterocycles. The molecule has 0 aromatic heterocycles. The summed E-state index contributed by atoms with van der Waals surface area (Å²) in [7, 11) is 0. The van der Waals surface area contributed by atoms with Crippen molar-refractivity contribution < 1.29 is 22.8 Å². The van der Waals surface area contributed by atoms with E-state index in [9.17, 15) is 22.8 Å². The minimum Gasteiger partial charge on any atom is -0.279 e. The summed E-state index contributed by atoms with van der Waals surface area (Å²) in [6.45, 7) is 0.398. The maximum absolute atomic E-state index is 12.4. The van der Waals surface area contributed by atoms with E-state index in [1.54, 1.807) is 0 Å². The van der Waals surface area contributed by atoms with Crippen LogP contribution in [0.1, 0.15) is 30.4 Å². The summed E-state index contributed by atoms with van der Waals surface area (Å²) in [5.74, 6) is -0.636. The zero-order valence-electron chi connectivity index (χ0n) is 11.2. The number of rotatable bonds is 2. The van der Waals surface area contributed by atoms with Gasteiger partial charge in [0.15, 0.2) is 0 Å². The van der Waals surface area contributed by atoms with Gasteiger partial charge in [-0.25, -0.2) is 0 Å². The third-order valence-corrected chi connectivity index (χ3v) is 3.25. The van der Waals surface area contributed by atoms with Gasteiger partial charge in [-0.05, 0) is 36.6 Å². The molecule has 1 aromatic carbocycles. The Bertz CT molecular complexity index is 561. The molecule has 1 fully saturated rings. The molecule has 0 saturated carbocycles. The number of imide groups is 1. The molecule has 2 rings (SSSR count). The van der Waals surface area contributed by atoms with Gasteiger partial charge in [-0.1, -0.05) is 12.1 Å². The van der Waals surface area contributed by atoms with Crippen molar-refractivity contribution in [2.75, 3.05) is 6.54 Å². The minimum absolute atomic E-state index is 0.205. The lowest BCUT2D eigenvalue weighted by Crippen LogP contribution is -2.39. The zero-order valence-corrected chi connectivity index (χ0v) is 11.2. The third kappa shape index (κ3) is 3.93. The first kappa shape index (κ1) is 15.3. The van der Waals surface area contributed by atoms with E-state index in [1.165, 1.54) is 29.2 Å². The fourth-order valence-electron chi connectivity index (χ4n) is 2.08. The van der Waals surface area contributed by atoms with Gasteiger partial charge in [0.05, 0.1) is 5.56 Å². The lowest BCUT2D eigenvalue weighted by molar-refractivity contribution is -0.143. The van der Waals surface area contributed by atoms with Gasteiger partial charge in [-0.3, -0.25) is 14.5 Å². The lowest BCUT2D eigenvalue weighted by Gasteiger charge is -2.23. The van der Waals surface area contributed by atoms with Crippen LogP contribution in [0.3, 0.4) is 0 Å². The summed E-state index contributed by atoms with van der Waals surface area (Å²) in [6, 6.07) is 4.47. The van der Waals surface area contributed by atoms with Crippen LogP contribution in [-0.2, 0) is 15.8 Å². The molecule has 0 bridgehead atoms. The van der Waals surface area contributed by atoms with Gasteiger partial charge < -0.3 is 0 Å². The van der Waals surface area contributed by atoms with Crippen LogP contribution >= 0.6 is 0 Å². The SMILES string of the molecule is O=C(/C=C/c1ccc(C(F)(F)F)cc1)N1CCCCC1=O. The second-order valence-electron chi connectivity index (χ2n) is 4.79. The molecule has 1 saturated heterocycles. The Labute approximate surface area is 120 Å². The van der Waals surface area contributed by atoms with E-state index < -0.39 is 17.6 Å². The number of nitrogens with zero attached hydrogens (tertiary/aromatic N) is 1. The second kappa shape index (κ2) is 6.11. The summed E-state index contributed by atoms with van der Waals surface area (Å²) in [6.07, 6.45) is 0.172. The highest BCUT2D eigenvalue weighted by atomic mass is 19.4. The van der Waals surface area contributed by atoms with E-state index in [1.807, 2.05) is 0 Å². The van der Waals surface area contributed by atoms with Crippen molar-refractivity contribution in [1.29, 1.82) is 0 Å². The molecule has 1 aliphatic heterocycles. The van der Waals surface area contributed by atoms with Crippen molar-refractivity contribution >= 4 is 17.9 Å². The Morgan fingerprint density at radius 2 is 1.81 bits per heavy atom. The highest BCUT2D eigenvalue weighted by Gasteiger charge is 2.29. The summed E-state index contributed by atoms with van der Waals surface area (Å²) in [4.78, 5) is 24.6. The largest absolute Gasteiger partial charge is 0.416 e. The monoisotopic (exact) mass is 297 g/mol. The molecule has 21 heavy (non-hydrogen) atoms. The predicted octanol–water partition coefficient (Wildman–Crippen LogP) is 3.26. The third-order valence-electron chi connectivity index (χ3n) is 3.25. The number of alkyl halides is 3. The van der Waals surface area contributed by atoms with Gasteiger partial charge in [-0.15, -0.1) is 0 Å². The molecule has 1 aliphatic rings. The van der Waals surface area contributed by atoms with E-state index in [-0.39, 0.29) is 5.91 Å². The molecule has 3 nitrogen and oxygen atoms in total. The first-order valence-electron chi connectivity index (χ1n) is 6.57. The molecular formula is C15H14F3NO2. The molecule has 0 N–H and O–H groups in total. The molecular weight excluding hydrogens is 283 g/mol. The lowest BCUT2D eigenvalue weighted by atomic mass is 10.1. The highest BCUT2D eigenvalue weighted by Crippen LogP contribution is 2.29. The Kier molecular flexibility index (Phi) is 4.45. The number of hydrogen-bond acceptors (Lipinski definition) is 2. The molecule has 0 unspecified atom stereocenters. The van der Waals surface area contributed by atoms with Gasteiger partial charge in [0.2, 0.25) is 5.91 Å². The predicted molar refractivity (Wildman–Crippen MR) is 71.0 cm³/mol. The van der Waals surface area contributed by atoms with Crippen molar-refractivity contribution in [3.63, 3.8) is 0 Å². The zero-order chi connectivity index (χ0) is 15.5. The Balaban J connectivity index is 2.03. The molecule has 0 spiro atoms. The van der Waals surface area contributed by atoms with Gasteiger partial charge in [0.1, 0.15) is 0 Å². The van der Waals surface area contributed by atoms with Gasteiger partial charge in [-0.2, -0.15) is 13.2 Å². The van der Waals surface area contributed by atoms with Crippen LogP contribution in [0.5, 0.6) is 0 Å². The van der Waals surface area contributed by atoms with Crippen molar-refractivity contribution in [2.24, 2.45) is 0 Å². The number of likely N-dealkylation sites (tertiary alicyclic amines) is 1. The molecule has 2 amide bonds. The molecule has 0 radical (unpaired) electrons. The molecule has 6 heteroatoms. The van der Waals surface area contributed by atoms with Crippen LogP contribution in [0.15, 0.2) is 30.3 Å². The van der Waals surface area contributed by atoms with Crippen molar-refractivity contribution in [2.45, 2.75) is 25.4 Å². The number of carbonyl (C=O) groups is 2. The molecule has 1 aromatic rings. The van der Waals surface area contributed by atoms with E-state index in [0.717, 1.165) is 25.0 Å². The Morgan fingerprint density at radius 3 is 2.38 bits per heavy atom. The van der Waals surface area contributed by atoms with Crippen molar-refractivity contribution in [3.8, 4) is 0 Å². The topological polar surface area (TPSA) is 37.4 Å². The van der Waals surface area contributed by atoms with Crippen LogP contribution in [0.4, 0.5) is 13.2 Å². The molecule has 0 atom stereocenters.